The van der Waals surface area contributed by atoms with Crippen molar-refractivity contribution in [1.29, 1.82) is 0 Å². The van der Waals surface area contributed by atoms with Crippen LogP contribution >= 0.6 is 0 Å². The number of benzene rings is 1. The van der Waals surface area contributed by atoms with Crippen LogP contribution in [0.4, 0.5) is 4.79 Å². The predicted molar refractivity (Wildman–Crippen MR) is 128 cm³/mol. The van der Waals surface area contributed by atoms with Crippen molar-refractivity contribution in [3.05, 3.63) is 35.9 Å². The molecule has 0 heterocycles. The average Bonchev–Trinajstić information content (AvgIpc) is 3.24. The number of amides is 2. The number of carbonyl (C=O) groups is 5. The van der Waals surface area contributed by atoms with E-state index < -0.39 is 29.9 Å². The topological polar surface area (TPSA) is 128 Å². The third-order valence-corrected chi connectivity index (χ3v) is 6.00. The number of nitrogens with one attached hydrogen (secondary N) is 2. The van der Waals surface area contributed by atoms with Gasteiger partial charge in [0.05, 0.1) is 13.7 Å². The highest BCUT2D eigenvalue weighted by Crippen LogP contribution is 2.26. The highest BCUT2D eigenvalue weighted by molar-refractivity contribution is 5.91. The first-order valence-electron chi connectivity index (χ1n) is 12.1. The summed E-state index contributed by atoms with van der Waals surface area (Å²) in [7, 11) is 1.23. The van der Waals surface area contributed by atoms with Crippen molar-refractivity contribution < 1.29 is 33.4 Å². The van der Waals surface area contributed by atoms with Crippen LogP contribution in [-0.4, -0.2) is 49.2 Å². The Hall–Kier alpha value is -3.23. The van der Waals surface area contributed by atoms with E-state index in [9.17, 15) is 24.0 Å². The van der Waals surface area contributed by atoms with Crippen molar-refractivity contribution in [2.75, 3.05) is 13.7 Å². The number of methoxy groups -OCH3 is 1. The molecular formula is C26H36N2O7. The van der Waals surface area contributed by atoms with Crippen LogP contribution in [0.25, 0.3) is 0 Å². The molecule has 0 radical (unpaired) electrons. The van der Waals surface area contributed by atoms with Crippen molar-refractivity contribution in [2.45, 2.75) is 65.0 Å². The summed E-state index contributed by atoms with van der Waals surface area (Å²) < 4.78 is 9.93. The van der Waals surface area contributed by atoms with Gasteiger partial charge in [0.2, 0.25) is 5.91 Å². The molecule has 1 aliphatic carbocycles. The Labute approximate surface area is 206 Å². The van der Waals surface area contributed by atoms with E-state index in [1.54, 1.807) is 0 Å². The lowest BCUT2D eigenvalue weighted by Crippen LogP contribution is -2.46. The van der Waals surface area contributed by atoms with Crippen molar-refractivity contribution in [2.24, 2.45) is 17.8 Å². The molecule has 35 heavy (non-hydrogen) atoms. The van der Waals surface area contributed by atoms with Crippen LogP contribution in [0.2, 0.25) is 0 Å². The van der Waals surface area contributed by atoms with Crippen molar-refractivity contribution in [3.63, 3.8) is 0 Å². The van der Waals surface area contributed by atoms with E-state index >= 15 is 0 Å². The SMILES string of the molecule is COC(=O)[C@H](CC1CCCC1=O)NC(=O)[C@@H](CC(=O)CNC(=O)OCc1ccccc1)CC(C)C. The summed E-state index contributed by atoms with van der Waals surface area (Å²) in [5.74, 6) is -2.15. The van der Waals surface area contributed by atoms with Gasteiger partial charge < -0.3 is 20.1 Å². The van der Waals surface area contributed by atoms with Gasteiger partial charge >= 0.3 is 12.1 Å². The molecule has 1 unspecified atom stereocenters. The lowest BCUT2D eigenvalue weighted by Gasteiger charge is -2.23. The molecule has 2 rings (SSSR count). The highest BCUT2D eigenvalue weighted by Gasteiger charge is 2.33. The number of ether oxygens (including phenoxy) is 2. The Morgan fingerprint density at radius 1 is 1.11 bits per heavy atom. The molecule has 3 atom stereocenters. The average molecular weight is 489 g/mol. The van der Waals surface area contributed by atoms with Gasteiger partial charge in [-0.25, -0.2) is 9.59 Å². The molecule has 0 saturated heterocycles. The number of ketones is 2. The highest BCUT2D eigenvalue weighted by atomic mass is 16.5. The molecule has 1 aliphatic rings. The number of hydrogen-bond acceptors (Lipinski definition) is 7. The third-order valence-electron chi connectivity index (χ3n) is 6.00. The fourth-order valence-corrected chi connectivity index (χ4v) is 4.21. The summed E-state index contributed by atoms with van der Waals surface area (Å²) in [6, 6.07) is 8.20. The first-order chi connectivity index (χ1) is 16.7. The van der Waals surface area contributed by atoms with E-state index in [2.05, 4.69) is 10.6 Å². The van der Waals surface area contributed by atoms with Gasteiger partial charge in [-0.05, 0) is 37.2 Å². The van der Waals surface area contributed by atoms with Gasteiger partial charge in [0.25, 0.3) is 0 Å². The van der Waals surface area contributed by atoms with Crippen LogP contribution in [0.1, 0.15) is 57.9 Å². The Balaban J connectivity index is 1.90. The fourth-order valence-electron chi connectivity index (χ4n) is 4.21. The van der Waals surface area contributed by atoms with E-state index in [1.165, 1.54) is 7.11 Å². The number of alkyl carbamates (subject to hydrolysis) is 1. The molecule has 2 amide bonds. The van der Waals surface area contributed by atoms with Gasteiger partial charge in [0, 0.05) is 24.7 Å². The molecule has 0 spiro atoms. The van der Waals surface area contributed by atoms with Crippen molar-refractivity contribution in [3.8, 4) is 0 Å². The number of esters is 1. The molecular weight excluding hydrogens is 452 g/mol. The van der Waals surface area contributed by atoms with Crippen LogP contribution in [0.3, 0.4) is 0 Å². The minimum Gasteiger partial charge on any atom is -0.467 e. The van der Waals surface area contributed by atoms with E-state index in [4.69, 9.17) is 9.47 Å². The maximum absolute atomic E-state index is 13.0. The molecule has 0 aliphatic heterocycles. The standard InChI is InChI=1S/C26H36N2O7/c1-17(2)12-20(13-21(29)15-27-26(33)35-16-18-8-5-4-6-9-18)24(31)28-22(25(32)34-3)14-19-10-7-11-23(19)30/h4-6,8-9,17,19-20,22H,7,10-16H2,1-3H3,(H,27,33)(H,28,31)/t19?,20-,22+/m1/s1. The molecule has 9 heteroatoms. The minimum absolute atomic E-state index is 0.0810. The third kappa shape index (κ3) is 9.88. The largest absolute Gasteiger partial charge is 0.467 e. The van der Waals surface area contributed by atoms with Gasteiger partial charge in [-0.3, -0.25) is 14.4 Å². The second-order valence-corrected chi connectivity index (χ2v) is 9.36. The second-order valence-electron chi connectivity index (χ2n) is 9.36. The fraction of sp³-hybridized carbons (Fsp3) is 0.577. The van der Waals surface area contributed by atoms with Gasteiger partial charge in [-0.1, -0.05) is 44.2 Å². The monoisotopic (exact) mass is 488 g/mol. The van der Waals surface area contributed by atoms with Gasteiger partial charge in [-0.15, -0.1) is 0 Å². The zero-order chi connectivity index (χ0) is 25.8. The summed E-state index contributed by atoms with van der Waals surface area (Å²) >= 11 is 0. The lowest BCUT2D eigenvalue weighted by molar-refractivity contribution is -0.146. The smallest absolute Gasteiger partial charge is 0.407 e. The maximum Gasteiger partial charge on any atom is 0.407 e. The molecule has 9 nitrogen and oxygen atoms in total. The van der Waals surface area contributed by atoms with Crippen molar-refractivity contribution >= 4 is 29.5 Å². The van der Waals surface area contributed by atoms with Gasteiger partial charge in [0.15, 0.2) is 5.78 Å². The first kappa shape index (κ1) is 28.0. The molecule has 1 saturated carbocycles. The molecule has 0 bridgehead atoms. The Morgan fingerprint density at radius 2 is 1.83 bits per heavy atom. The molecule has 192 valence electrons. The molecule has 1 fully saturated rings. The van der Waals surface area contributed by atoms with Crippen molar-refractivity contribution in [1.82, 2.24) is 10.6 Å². The zero-order valence-corrected chi connectivity index (χ0v) is 20.7. The van der Waals surface area contributed by atoms with Gasteiger partial charge in [0.1, 0.15) is 18.4 Å². The summed E-state index contributed by atoms with van der Waals surface area (Å²) in [6.45, 7) is 3.67. The van der Waals surface area contributed by atoms with E-state index in [-0.39, 0.29) is 49.4 Å². The Kier molecular flexibility index (Phi) is 11.4. The van der Waals surface area contributed by atoms with Crippen LogP contribution < -0.4 is 10.6 Å². The van der Waals surface area contributed by atoms with Crippen LogP contribution in [0.5, 0.6) is 0 Å². The molecule has 1 aromatic rings. The molecule has 0 aromatic heterocycles. The predicted octanol–water partition coefficient (Wildman–Crippen LogP) is 2.95. The van der Waals surface area contributed by atoms with E-state index in [0.717, 1.165) is 12.0 Å². The molecule has 1 aromatic carbocycles. The number of rotatable bonds is 13. The van der Waals surface area contributed by atoms with Gasteiger partial charge in [-0.2, -0.15) is 0 Å². The normalized spacial score (nSPS) is 16.9. The maximum atomic E-state index is 13.0. The van der Waals surface area contributed by atoms with Crippen LogP contribution in [0.15, 0.2) is 30.3 Å². The summed E-state index contributed by atoms with van der Waals surface area (Å²) in [5, 5.41) is 5.12. The first-order valence-corrected chi connectivity index (χ1v) is 12.1. The van der Waals surface area contributed by atoms with E-state index in [1.807, 2.05) is 44.2 Å². The Morgan fingerprint density at radius 3 is 2.43 bits per heavy atom. The van der Waals surface area contributed by atoms with E-state index in [0.29, 0.717) is 19.3 Å². The summed E-state index contributed by atoms with van der Waals surface area (Å²) in [5.41, 5.74) is 0.821. The Bertz CT molecular complexity index is 885. The number of Topliss-reactive ketones (excluding diaryl/α,β-unsaturated/α-hetero) is 2. The van der Waals surface area contributed by atoms with Crippen LogP contribution in [0, 0.1) is 17.8 Å². The summed E-state index contributed by atoms with van der Waals surface area (Å²) in [4.78, 5) is 61.8. The second kappa shape index (κ2) is 14.2. The quantitative estimate of drug-likeness (QED) is 0.409. The zero-order valence-electron chi connectivity index (χ0n) is 20.7. The van der Waals surface area contributed by atoms with Crippen LogP contribution in [-0.2, 0) is 35.3 Å². The summed E-state index contributed by atoms with van der Waals surface area (Å²) in [6.07, 6.45) is 1.73. The molecule has 2 N–H and O–H groups in total. The minimum atomic E-state index is -0.949. The number of hydrogen-bond donors (Lipinski definition) is 2. The number of carbonyl (C=O) groups excluding carboxylic acids is 5. The lowest BCUT2D eigenvalue weighted by atomic mass is 9.90.